The minimum absolute atomic E-state index is 0.663. The quantitative estimate of drug-likeness (QED) is 0.492. The first kappa shape index (κ1) is 16.9. The van der Waals surface area contributed by atoms with E-state index in [1.165, 1.54) is 12.8 Å². The van der Waals surface area contributed by atoms with E-state index in [0.29, 0.717) is 26.4 Å². The number of ether oxygens (including phenoxy) is 3. The van der Waals surface area contributed by atoms with Gasteiger partial charge in [0.05, 0.1) is 33.0 Å². The zero-order chi connectivity index (χ0) is 13.8. The Morgan fingerprint density at radius 2 is 1.53 bits per heavy atom. The van der Waals surface area contributed by atoms with Crippen LogP contribution in [-0.4, -0.2) is 52.7 Å². The third-order valence-corrected chi connectivity index (χ3v) is 3.49. The van der Waals surface area contributed by atoms with Crippen LogP contribution < -0.4 is 5.32 Å². The van der Waals surface area contributed by atoms with Crippen LogP contribution in [0.15, 0.2) is 0 Å². The zero-order valence-corrected chi connectivity index (χ0v) is 12.7. The van der Waals surface area contributed by atoms with E-state index in [4.69, 9.17) is 14.2 Å². The lowest BCUT2D eigenvalue weighted by molar-refractivity contribution is 0.0146. The summed E-state index contributed by atoms with van der Waals surface area (Å²) in [6, 6.07) is 0. The molecule has 2 unspecified atom stereocenters. The molecular formula is C15H31NO3. The fraction of sp³-hybridized carbons (Fsp3) is 1.00. The number of hydrogen-bond donors (Lipinski definition) is 1. The van der Waals surface area contributed by atoms with Crippen LogP contribution in [0, 0.1) is 11.8 Å². The van der Waals surface area contributed by atoms with Crippen molar-refractivity contribution in [3.05, 3.63) is 0 Å². The van der Waals surface area contributed by atoms with E-state index in [9.17, 15) is 0 Å². The second-order valence-corrected chi connectivity index (χ2v) is 5.37. The predicted molar refractivity (Wildman–Crippen MR) is 77.5 cm³/mol. The fourth-order valence-corrected chi connectivity index (χ4v) is 1.90. The van der Waals surface area contributed by atoms with E-state index in [2.05, 4.69) is 19.2 Å². The maximum atomic E-state index is 5.48. The van der Waals surface area contributed by atoms with Crippen LogP contribution in [0.25, 0.3) is 0 Å². The van der Waals surface area contributed by atoms with E-state index in [-0.39, 0.29) is 0 Å². The highest BCUT2D eigenvalue weighted by molar-refractivity contribution is 4.83. The number of hydrogen-bond acceptors (Lipinski definition) is 4. The topological polar surface area (TPSA) is 39.7 Å². The number of unbranched alkanes of at least 4 members (excludes halogenated alkanes) is 1. The van der Waals surface area contributed by atoms with Gasteiger partial charge < -0.3 is 19.5 Å². The largest absolute Gasteiger partial charge is 0.379 e. The summed E-state index contributed by atoms with van der Waals surface area (Å²) in [7, 11) is 0. The van der Waals surface area contributed by atoms with Gasteiger partial charge in [-0.1, -0.05) is 20.3 Å². The highest BCUT2D eigenvalue weighted by atomic mass is 16.5. The first-order valence-electron chi connectivity index (χ1n) is 7.78. The Hall–Kier alpha value is -0.160. The number of rotatable bonds is 14. The van der Waals surface area contributed by atoms with Gasteiger partial charge in [0.2, 0.25) is 0 Å². The molecule has 0 radical (unpaired) electrons. The Bertz CT molecular complexity index is 202. The average molecular weight is 273 g/mol. The zero-order valence-electron chi connectivity index (χ0n) is 12.7. The maximum absolute atomic E-state index is 5.48. The number of nitrogens with one attached hydrogen (secondary N) is 1. The molecule has 1 rings (SSSR count). The van der Waals surface area contributed by atoms with Crippen molar-refractivity contribution in [2.75, 3.05) is 52.7 Å². The second-order valence-electron chi connectivity index (χ2n) is 5.37. The highest BCUT2D eigenvalue weighted by Crippen LogP contribution is 2.36. The second kappa shape index (κ2) is 11.6. The summed E-state index contributed by atoms with van der Waals surface area (Å²) >= 11 is 0. The van der Waals surface area contributed by atoms with Gasteiger partial charge in [-0.15, -0.1) is 0 Å². The Labute approximate surface area is 118 Å². The molecular weight excluding hydrogens is 242 g/mol. The van der Waals surface area contributed by atoms with E-state index in [1.54, 1.807) is 0 Å². The molecule has 0 saturated heterocycles. The van der Waals surface area contributed by atoms with Gasteiger partial charge in [0.1, 0.15) is 0 Å². The van der Waals surface area contributed by atoms with E-state index < -0.39 is 0 Å². The van der Waals surface area contributed by atoms with Crippen molar-refractivity contribution < 1.29 is 14.2 Å². The van der Waals surface area contributed by atoms with Gasteiger partial charge >= 0.3 is 0 Å². The van der Waals surface area contributed by atoms with Crippen LogP contribution in [-0.2, 0) is 14.2 Å². The lowest BCUT2D eigenvalue weighted by Gasteiger charge is -2.07. The van der Waals surface area contributed by atoms with E-state index in [0.717, 1.165) is 44.6 Å². The molecule has 1 saturated carbocycles. The van der Waals surface area contributed by atoms with Gasteiger partial charge in [-0.3, -0.25) is 0 Å². The first-order chi connectivity index (χ1) is 9.34. The third kappa shape index (κ3) is 10.3. The summed E-state index contributed by atoms with van der Waals surface area (Å²) in [4.78, 5) is 0. The molecule has 1 aliphatic carbocycles. The molecule has 0 aromatic rings. The van der Waals surface area contributed by atoms with Crippen molar-refractivity contribution in [3.63, 3.8) is 0 Å². The van der Waals surface area contributed by atoms with Crippen LogP contribution in [0.3, 0.4) is 0 Å². The molecule has 4 nitrogen and oxygen atoms in total. The lowest BCUT2D eigenvalue weighted by atomic mass is 10.3. The Kier molecular flexibility index (Phi) is 10.4. The van der Waals surface area contributed by atoms with Gasteiger partial charge in [0.15, 0.2) is 0 Å². The molecule has 0 aliphatic heterocycles. The molecule has 19 heavy (non-hydrogen) atoms. The fourth-order valence-electron chi connectivity index (χ4n) is 1.90. The van der Waals surface area contributed by atoms with Crippen molar-refractivity contribution in [3.8, 4) is 0 Å². The molecule has 2 atom stereocenters. The molecule has 1 aliphatic rings. The van der Waals surface area contributed by atoms with Crippen molar-refractivity contribution in [2.24, 2.45) is 11.8 Å². The summed E-state index contributed by atoms with van der Waals surface area (Å²) in [5, 5.41) is 3.42. The lowest BCUT2D eigenvalue weighted by Crippen LogP contribution is -2.23. The van der Waals surface area contributed by atoms with Gasteiger partial charge in [-0.05, 0) is 31.2 Å². The van der Waals surface area contributed by atoms with Crippen LogP contribution in [0.1, 0.15) is 33.1 Å². The van der Waals surface area contributed by atoms with Crippen molar-refractivity contribution in [1.29, 1.82) is 0 Å². The van der Waals surface area contributed by atoms with Crippen LogP contribution in [0.4, 0.5) is 0 Å². The van der Waals surface area contributed by atoms with Gasteiger partial charge in [0.25, 0.3) is 0 Å². The molecule has 114 valence electrons. The molecule has 0 amide bonds. The summed E-state index contributed by atoms with van der Waals surface area (Å²) in [6.07, 6.45) is 3.71. The molecule has 4 heteroatoms. The molecule has 0 aromatic carbocycles. The Balaban J connectivity index is 1.63. The van der Waals surface area contributed by atoms with Gasteiger partial charge in [-0.2, -0.15) is 0 Å². The normalized spacial score (nSPS) is 21.8. The molecule has 1 fully saturated rings. The maximum Gasteiger partial charge on any atom is 0.0701 e. The molecule has 0 heterocycles. The monoisotopic (exact) mass is 273 g/mol. The van der Waals surface area contributed by atoms with Crippen LogP contribution >= 0.6 is 0 Å². The average Bonchev–Trinajstić information content (AvgIpc) is 3.11. The predicted octanol–water partition coefficient (Wildman–Crippen LogP) is 2.08. The van der Waals surface area contributed by atoms with Crippen molar-refractivity contribution >= 4 is 0 Å². The van der Waals surface area contributed by atoms with Crippen LogP contribution in [0.2, 0.25) is 0 Å². The minimum atomic E-state index is 0.663. The van der Waals surface area contributed by atoms with Crippen molar-refractivity contribution in [2.45, 2.75) is 33.1 Å². The third-order valence-electron chi connectivity index (χ3n) is 3.49. The molecule has 0 aromatic heterocycles. The molecule has 1 N–H and O–H groups in total. The van der Waals surface area contributed by atoms with E-state index >= 15 is 0 Å². The molecule has 0 bridgehead atoms. The minimum Gasteiger partial charge on any atom is -0.379 e. The summed E-state index contributed by atoms with van der Waals surface area (Å²) in [6.45, 7) is 10.9. The standard InChI is InChI=1S/C15H31NO3/c1-3-4-6-17-8-10-19-11-9-18-7-5-16-13-15-12-14(15)2/h14-16H,3-13H2,1-2H3. The SMILES string of the molecule is CCCCOCCOCCOCCNCC1CC1C. The molecule has 0 spiro atoms. The van der Waals surface area contributed by atoms with Gasteiger partial charge in [0, 0.05) is 13.2 Å². The van der Waals surface area contributed by atoms with Gasteiger partial charge in [-0.25, -0.2) is 0 Å². The smallest absolute Gasteiger partial charge is 0.0701 e. The Morgan fingerprint density at radius 1 is 0.947 bits per heavy atom. The summed E-state index contributed by atoms with van der Waals surface area (Å²) in [5.74, 6) is 1.84. The Morgan fingerprint density at radius 3 is 2.11 bits per heavy atom. The highest BCUT2D eigenvalue weighted by Gasteiger charge is 2.31. The van der Waals surface area contributed by atoms with Crippen LogP contribution in [0.5, 0.6) is 0 Å². The van der Waals surface area contributed by atoms with Crippen molar-refractivity contribution in [1.82, 2.24) is 5.32 Å². The van der Waals surface area contributed by atoms with E-state index in [1.807, 2.05) is 0 Å². The summed E-state index contributed by atoms with van der Waals surface area (Å²) < 4.78 is 16.3. The first-order valence-corrected chi connectivity index (χ1v) is 7.78. The summed E-state index contributed by atoms with van der Waals surface area (Å²) in [5.41, 5.74) is 0.